The molecular weight excluding hydrogens is 379 g/mol. The number of carbonyl (C=O) groups excluding carboxylic acids is 1. The summed E-state index contributed by atoms with van der Waals surface area (Å²) < 4.78 is 39.3. The summed E-state index contributed by atoms with van der Waals surface area (Å²) in [6.07, 6.45) is 1.28. The Morgan fingerprint density at radius 1 is 1.23 bits per heavy atom. The molecule has 0 spiro atoms. The van der Waals surface area contributed by atoms with Gasteiger partial charge in [0.05, 0.1) is 17.0 Å². The standard InChI is InChI=1S/C18H28ClFN2O3S/c1-7-16(18(23)21-17(11(2)3)12(4)5)22(26(6,24)25)13-8-9-15(20)14(19)10-13/h8-12,16-17H,7H2,1-6H3,(H,21,23)/t16-/m1/s1. The van der Waals surface area contributed by atoms with Crippen LogP contribution in [0.2, 0.25) is 5.02 Å². The normalized spacial score (nSPS) is 13.3. The Hall–Kier alpha value is -1.34. The van der Waals surface area contributed by atoms with Gasteiger partial charge in [0.15, 0.2) is 0 Å². The second-order valence-corrected chi connectivity index (χ2v) is 9.37. The van der Waals surface area contributed by atoms with Crippen molar-refractivity contribution < 1.29 is 17.6 Å². The van der Waals surface area contributed by atoms with Crippen molar-refractivity contribution in [2.45, 2.75) is 53.1 Å². The molecule has 0 radical (unpaired) electrons. The van der Waals surface area contributed by atoms with Crippen LogP contribution >= 0.6 is 11.6 Å². The van der Waals surface area contributed by atoms with Gasteiger partial charge in [-0.05, 0) is 36.5 Å². The van der Waals surface area contributed by atoms with E-state index < -0.39 is 21.9 Å². The molecule has 8 heteroatoms. The van der Waals surface area contributed by atoms with Gasteiger partial charge in [0.25, 0.3) is 0 Å². The molecule has 1 N–H and O–H groups in total. The number of amides is 1. The number of nitrogens with one attached hydrogen (secondary N) is 1. The second kappa shape index (κ2) is 9.04. The summed E-state index contributed by atoms with van der Waals surface area (Å²) in [5, 5.41) is 2.76. The molecule has 0 unspecified atom stereocenters. The summed E-state index contributed by atoms with van der Waals surface area (Å²) in [7, 11) is -3.79. The highest BCUT2D eigenvalue weighted by atomic mass is 35.5. The molecule has 0 saturated carbocycles. The van der Waals surface area contributed by atoms with Crippen molar-refractivity contribution in [2.24, 2.45) is 11.8 Å². The van der Waals surface area contributed by atoms with Gasteiger partial charge in [0.1, 0.15) is 11.9 Å². The first-order chi connectivity index (χ1) is 11.9. The van der Waals surface area contributed by atoms with Gasteiger partial charge < -0.3 is 5.32 Å². The predicted molar refractivity (Wildman–Crippen MR) is 104 cm³/mol. The number of anilines is 1. The molecule has 0 aliphatic heterocycles. The third kappa shape index (κ3) is 5.58. The number of rotatable bonds is 8. The van der Waals surface area contributed by atoms with E-state index >= 15 is 0 Å². The van der Waals surface area contributed by atoms with E-state index in [9.17, 15) is 17.6 Å². The number of hydrogen-bond acceptors (Lipinski definition) is 3. The second-order valence-electron chi connectivity index (χ2n) is 7.10. The van der Waals surface area contributed by atoms with Crippen molar-refractivity contribution in [1.29, 1.82) is 0 Å². The molecule has 0 heterocycles. The van der Waals surface area contributed by atoms with Gasteiger partial charge in [-0.15, -0.1) is 0 Å². The summed E-state index contributed by atoms with van der Waals surface area (Å²) >= 11 is 5.81. The van der Waals surface area contributed by atoms with E-state index in [-0.39, 0.29) is 40.9 Å². The van der Waals surface area contributed by atoms with Gasteiger partial charge >= 0.3 is 0 Å². The first-order valence-corrected chi connectivity index (χ1v) is 10.9. The zero-order valence-corrected chi connectivity index (χ0v) is 17.7. The Labute approximate surface area is 161 Å². The summed E-state index contributed by atoms with van der Waals surface area (Å²) in [6.45, 7) is 9.73. The molecule has 0 fully saturated rings. The average Bonchev–Trinajstić information content (AvgIpc) is 2.50. The minimum absolute atomic E-state index is 0.0882. The maximum Gasteiger partial charge on any atom is 0.244 e. The summed E-state index contributed by atoms with van der Waals surface area (Å²) in [6, 6.07) is 2.57. The summed E-state index contributed by atoms with van der Waals surface area (Å²) in [4.78, 5) is 12.9. The van der Waals surface area contributed by atoms with Crippen LogP contribution in [0.25, 0.3) is 0 Å². The maximum absolute atomic E-state index is 13.5. The quantitative estimate of drug-likeness (QED) is 0.713. The van der Waals surface area contributed by atoms with Crippen molar-refractivity contribution in [3.05, 3.63) is 29.0 Å². The molecule has 148 valence electrons. The highest BCUT2D eigenvalue weighted by molar-refractivity contribution is 7.92. The Morgan fingerprint density at radius 3 is 2.15 bits per heavy atom. The number of carbonyl (C=O) groups is 1. The molecule has 0 aromatic heterocycles. The fraction of sp³-hybridized carbons (Fsp3) is 0.611. The first-order valence-electron chi connectivity index (χ1n) is 8.64. The molecular formula is C18H28ClFN2O3S. The zero-order chi connectivity index (χ0) is 20.2. The number of nitrogens with zero attached hydrogens (tertiary/aromatic N) is 1. The zero-order valence-electron chi connectivity index (χ0n) is 16.1. The smallest absolute Gasteiger partial charge is 0.244 e. The van der Waals surface area contributed by atoms with E-state index in [0.717, 1.165) is 16.6 Å². The van der Waals surface area contributed by atoms with Crippen molar-refractivity contribution in [3.63, 3.8) is 0 Å². The molecule has 1 rings (SSSR count). The molecule has 1 atom stereocenters. The topological polar surface area (TPSA) is 66.5 Å². The van der Waals surface area contributed by atoms with Gasteiger partial charge in [-0.1, -0.05) is 46.2 Å². The highest BCUT2D eigenvalue weighted by Gasteiger charge is 2.33. The Morgan fingerprint density at radius 2 is 1.77 bits per heavy atom. The third-order valence-electron chi connectivity index (χ3n) is 4.23. The van der Waals surface area contributed by atoms with E-state index in [4.69, 9.17) is 11.6 Å². The molecule has 0 saturated heterocycles. The molecule has 1 aromatic rings. The molecule has 0 aliphatic carbocycles. The van der Waals surface area contributed by atoms with Gasteiger partial charge in [-0.2, -0.15) is 0 Å². The largest absolute Gasteiger partial charge is 0.351 e. The average molecular weight is 407 g/mol. The van der Waals surface area contributed by atoms with E-state index in [1.54, 1.807) is 6.92 Å². The van der Waals surface area contributed by atoms with Crippen LogP contribution in [0.5, 0.6) is 0 Å². The molecule has 5 nitrogen and oxygen atoms in total. The lowest BCUT2D eigenvalue weighted by Gasteiger charge is -2.33. The SMILES string of the molecule is CC[C@H](C(=O)NC(C(C)C)C(C)C)N(c1ccc(F)c(Cl)c1)S(C)(=O)=O. The van der Waals surface area contributed by atoms with Gasteiger partial charge in [-0.3, -0.25) is 9.10 Å². The minimum atomic E-state index is -3.79. The van der Waals surface area contributed by atoms with Crippen LogP contribution in [0.1, 0.15) is 41.0 Å². The maximum atomic E-state index is 13.5. The van der Waals surface area contributed by atoms with E-state index in [1.165, 1.54) is 12.1 Å². The number of sulfonamides is 1. The Bertz CT molecular complexity index is 730. The van der Waals surface area contributed by atoms with Crippen LogP contribution in [-0.4, -0.2) is 32.7 Å². The molecule has 0 bridgehead atoms. The minimum Gasteiger partial charge on any atom is -0.351 e. The lowest BCUT2D eigenvalue weighted by molar-refractivity contribution is -0.123. The van der Waals surface area contributed by atoms with Crippen LogP contribution in [0.15, 0.2) is 18.2 Å². The van der Waals surface area contributed by atoms with Crippen molar-refractivity contribution in [3.8, 4) is 0 Å². The predicted octanol–water partition coefficient (Wildman–Crippen LogP) is 3.82. The van der Waals surface area contributed by atoms with Crippen molar-refractivity contribution >= 4 is 33.2 Å². The van der Waals surface area contributed by atoms with Crippen molar-refractivity contribution in [2.75, 3.05) is 10.6 Å². The van der Waals surface area contributed by atoms with Crippen LogP contribution in [0, 0.1) is 17.7 Å². The lowest BCUT2D eigenvalue weighted by atomic mass is 9.93. The summed E-state index contributed by atoms with van der Waals surface area (Å²) in [5.74, 6) is -0.640. The van der Waals surface area contributed by atoms with Gasteiger partial charge in [-0.25, -0.2) is 12.8 Å². The monoisotopic (exact) mass is 406 g/mol. The van der Waals surface area contributed by atoms with Gasteiger partial charge in [0, 0.05) is 6.04 Å². The highest BCUT2D eigenvalue weighted by Crippen LogP contribution is 2.27. The summed E-state index contributed by atoms with van der Waals surface area (Å²) in [5.41, 5.74) is 0.159. The fourth-order valence-electron chi connectivity index (χ4n) is 3.05. The van der Waals surface area contributed by atoms with E-state index in [0.29, 0.717) is 0 Å². The molecule has 26 heavy (non-hydrogen) atoms. The first kappa shape index (κ1) is 22.7. The Balaban J connectivity index is 3.30. The van der Waals surface area contributed by atoms with Crippen molar-refractivity contribution in [1.82, 2.24) is 5.32 Å². The van der Waals surface area contributed by atoms with Crippen LogP contribution in [0.3, 0.4) is 0 Å². The Kier molecular flexibility index (Phi) is 7.89. The fourth-order valence-corrected chi connectivity index (χ4v) is 4.42. The lowest BCUT2D eigenvalue weighted by Crippen LogP contribution is -2.53. The third-order valence-corrected chi connectivity index (χ3v) is 5.70. The van der Waals surface area contributed by atoms with E-state index in [2.05, 4.69) is 5.32 Å². The molecule has 1 aromatic carbocycles. The molecule has 0 aliphatic rings. The van der Waals surface area contributed by atoms with Crippen LogP contribution in [-0.2, 0) is 14.8 Å². The number of benzene rings is 1. The van der Waals surface area contributed by atoms with E-state index in [1.807, 2.05) is 27.7 Å². The number of hydrogen-bond donors (Lipinski definition) is 1. The number of halogens is 2. The molecule has 1 amide bonds. The van der Waals surface area contributed by atoms with Crippen LogP contribution < -0.4 is 9.62 Å². The van der Waals surface area contributed by atoms with Crippen LogP contribution in [0.4, 0.5) is 10.1 Å². The van der Waals surface area contributed by atoms with Gasteiger partial charge in [0.2, 0.25) is 15.9 Å².